The van der Waals surface area contributed by atoms with Crippen molar-refractivity contribution < 1.29 is 18.8 Å². The molecule has 0 aliphatic carbocycles. The average Bonchev–Trinajstić information content (AvgIpc) is 3.18. The van der Waals surface area contributed by atoms with Crippen LogP contribution in [0.1, 0.15) is 29.0 Å². The zero-order valence-electron chi connectivity index (χ0n) is 13.8. The number of rotatable bonds is 6. The summed E-state index contributed by atoms with van der Waals surface area (Å²) in [6.45, 7) is 0.405. The molecule has 1 aromatic heterocycles. The average molecular weight is 374 g/mol. The lowest BCUT2D eigenvalue weighted by Crippen LogP contribution is -2.48. The molecule has 0 bridgehead atoms. The molecule has 0 atom stereocenters. The van der Waals surface area contributed by atoms with Crippen LogP contribution in [0, 0.1) is 0 Å². The first-order chi connectivity index (χ1) is 12.5. The van der Waals surface area contributed by atoms with Gasteiger partial charge in [0, 0.05) is 19.4 Å². The van der Waals surface area contributed by atoms with Crippen molar-refractivity contribution in [3.63, 3.8) is 0 Å². The second-order valence-electron chi connectivity index (χ2n) is 5.20. The standard InChI is InChI=1S/C17H18N4O4S/c22-14(18-11-12-5-2-1-3-6-12)8-9-15(23)20-21-17(26)19-16(24)13-7-4-10-25-13/h1-7,10H,8-9,11H2,(H,18,22)(H,20,23)(H2,19,21,24,26). The molecule has 9 heteroatoms. The molecule has 136 valence electrons. The van der Waals surface area contributed by atoms with E-state index in [1.54, 1.807) is 6.07 Å². The van der Waals surface area contributed by atoms with Gasteiger partial charge < -0.3 is 9.73 Å². The number of hydrazine groups is 1. The van der Waals surface area contributed by atoms with Crippen LogP contribution >= 0.6 is 12.2 Å². The van der Waals surface area contributed by atoms with E-state index in [2.05, 4.69) is 21.5 Å². The van der Waals surface area contributed by atoms with E-state index in [0.29, 0.717) is 6.54 Å². The van der Waals surface area contributed by atoms with Crippen LogP contribution < -0.4 is 21.5 Å². The van der Waals surface area contributed by atoms with Gasteiger partial charge in [0.05, 0.1) is 6.26 Å². The third kappa shape index (κ3) is 6.73. The number of furan rings is 1. The molecule has 2 aromatic rings. The normalized spacial score (nSPS) is 9.85. The molecule has 1 heterocycles. The molecule has 8 nitrogen and oxygen atoms in total. The number of amides is 3. The number of thiocarbonyl (C=S) groups is 1. The number of nitrogens with one attached hydrogen (secondary N) is 4. The van der Waals surface area contributed by atoms with E-state index in [1.807, 2.05) is 30.3 Å². The van der Waals surface area contributed by atoms with Crippen molar-refractivity contribution in [1.29, 1.82) is 0 Å². The van der Waals surface area contributed by atoms with E-state index in [9.17, 15) is 14.4 Å². The van der Waals surface area contributed by atoms with Gasteiger partial charge in [0.15, 0.2) is 10.9 Å². The Labute approximate surface area is 155 Å². The van der Waals surface area contributed by atoms with Crippen LogP contribution in [0.5, 0.6) is 0 Å². The minimum atomic E-state index is -0.540. The summed E-state index contributed by atoms with van der Waals surface area (Å²) in [6.07, 6.45) is 1.37. The highest BCUT2D eigenvalue weighted by Gasteiger charge is 2.11. The predicted octanol–water partition coefficient (Wildman–Crippen LogP) is 1.01. The Bertz CT molecular complexity index is 762. The summed E-state index contributed by atoms with van der Waals surface area (Å²) in [7, 11) is 0. The summed E-state index contributed by atoms with van der Waals surface area (Å²) in [5, 5.41) is 4.97. The van der Waals surface area contributed by atoms with Crippen LogP contribution in [0.3, 0.4) is 0 Å². The second-order valence-corrected chi connectivity index (χ2v) is 5.60. The van der Waals surface area contributed by atoms with Crippen LogP contribution in [-0.4, -0.2) is 22.8 Å². The fourth-order valence-electron chi connectivity index (χ4n) is 1.90. The maximum Gasteiger partial charge on any atom is 0.293 e. The van der Waals surface area contributed by atoms with Gasteiger partial charge in [-0.15, -0.1) is 0 Å². The van der Waals surface area contributed by atoms with E-state index >= 15 is 0 Å². The van der Waals surface area contributed by atoms with Gasteiger partial charge in [-0.1, -0.05) is 30.3 Å². The number of hydrogen-bond acceptors (Lipinski definition) is 5. The molecule has 0 aliphatic heterocycles. The summed E-state index contributed by atoms with van der Waals surface area (Å²) in [4.78, 5) is 35.1. The van der Waals surface area contributed by atoms with Crippen LogP contribution in [-0.2, 0) is 16.1 Å². The lowest BCUT2D eigenvalue weighted by molar-refractivity contribution is -0.126. The summed E-state index contributed by atoms with van der Waals surface area (Å²) < 4.78 is 4.91. The van der Waals surface area contributed by atoms with Gasteiger partial charge in [0.1, 0.15) is 0 Å². The van der Waals surface area contributed by atoms with Crippen LogP contribution in [0.15, 0.2) is 53.1 Å². The zero-order chi connectivity index (χ0) is 18.8. The van der Waals surface area contributed by atoms with Crippen LogP contribution in [0.4, 0.5) is 0 Å². The van der Waals surface area contributed by atoms with Gasteiger partial charge in [-0.25, -0.2) is 0 Å². The number of carbonyl (C=O) groups is 3. The molecule has 0 radical (unpaired) electrons. The van der Waals surface area contributed by atoms with Gasteiger partial charge in [0.25, 0.3) is 5.91 Å². The quantitative estimate of drug-likeness (QED) is 0.443. The minimum absolute atomic E-state index is 0.0254. The third-order valence-electron chi connectivity index (χ3n) is 3.20. The first kappa shape index (κ1) is 19.1. The summed E-state index contributed by atoms with van der Waals surface area (Å²) in [6, 6.07) is 12.5. The molecular weight excluding hydrogens is 356 g/mol. The highest BCUT2D eigenvalue weighted by Crippen LogP contribution is 1.99. The Balaban J connectivity index is 1.60. The molecule has 0 aliphatic rings. The molecule has 1 aromatic carbocycles. The molecule has 0 saturated carbocycles. The lowest BCUT2D eigenvalue weighted by atomic mass is 10.2. The van der Waals surface area contributed by atoms with E-state index in [4.69, 9.17) is 16.6 Å². The molecule has 3 amide bonds. The van der Waals surface area contributed by atoms with Gasteiger partial charge >= 0.3 is 0 Å². The Kier molecular flexibility index (Phi) is 7.31. The fourth-order valence-corrected chi connectivity index (χ4v) is 2.05. The predicted molar refractivity (Wildman–Crippen MR) is 97.6 cm³/mol. The monoisotopic (exact) mass is 374 g/mol. The maximum atomic E-state index is 11.7. The highest BCUT2D eigenvalue weighted by molar-refractivity contribution is 7.80. The lowest BCUT2D eigenvalue weighted by Gasteiger charge is -2.10. The summed E-state index contributed by atoms with van der Waals surface area (Å²) in [5.74, 6) is -1.12. The number of benzene rings is 1. The van der Waals surface area contributed by atoms with Crippen molar-refractivity contribution in [3.8, 4) is 0 Å². The maximum absolute atomic E-state index is 11.7. The zero-order valence-corrected chi connectivity index (χ0v) is 14.6. The molecular formula is C17H18N4O4S. The van der Waals surface area contributed by atoms with E-state index in [0.717, 1.165) is 5.56 Å². The molecule has 0 unspecified atom stereocenters. The van der Waals surface area contributed by atoms with E-state index in [-0.39, 0.29) is 29.6 Å². The molecule has 0 spiro atoms. The molecule has 2 rings (SSSR count). The summed E-state index contributed by atoms with van der Waals surface area (Å²) >= 11 is 4.88. The molecule has 0 saturated heterocycles. The van der Waals surface area contributed by atoms with E-state index in [1.165, 1.54) is 12.3 Å². The van der Waals surface area contributed by atoms with Crippen LogP contribution in [0.2, 0.25) is 0 Å². The van der Waals surface area contributed by atoms with Crippen molar-refractivity contribution in [1.82, 2.24) is 21.5 Å². The topological polar surface area (TPSA) is 112 Å². The smallest absolute Gasteiger partial charge is 0.293 e. The van der Waals surface area contributed by atoms with Crippen molar-refractivity contribution in [2.75, 3.05) is 0 Å². The van der Waals surface area contributed by atoms with Gasteiger partial charge in [-0.05, 0) is 29.9 Å². The van der Waals surface area contributed by atoms with Crippen molar-refractivity contribution in [2.45, 2.75) is 19.4 Å². The fraction of sp³-hybridized carbons (Fsp3) is 0.176. The Morgan fingerprint density at radius 3 is 2.35 bits per heavy atom. The molecule has 0 fully saturated rings. The Morgan fingerprint density at radius 1 is 0.923 bits per heavy atom. The van der Waals surface area contributed by atoms with Crippen LogP contribution in [0.25, 0.3) is 0 Å². The second kappa shape index (κ2) is 9.94. The largest absolute Gasteiger partial charge is 0.459 e. The molecule has 26 heavy (non-hydrogen) atoms. The Morgan fingerprint density at radius 2 is 1.65 bits per heavy atom. The summed E-state index contributed by atoms with van der Waals surface area (Å²) in [5.41, 5.74) is 5.67. The van der Waals surface area contributed by atoms with Gasteiger partial charge in [0.2, 0.25) is 11.8 Å². The van der Waals surface area contributed by atoms with Crippen molar-refractivity contribution >= 4 is 35.1 Å². The van der Waals surface area contributed by atoms with Crippen molar-refractivity contribution in [2.24, 2.45) is 0 Å². The highest BCUT2D eigenvalue weighted by atomic mass is 32.1. The first-order valence-electron chi connectivity index (χ1n) is 7.79. The molecule has 4 N–H and O–H groups in total. The van der Waals surface area contributed by atoms with Gasteiger partial charge in [-0.2, -0.15) is 0 Å². The first-order valence-corrected chi connectivity index (χ1v) is 8.19. The Hall–Kier alpha value is -3.20. The third-order valence-corrected chi connectivity index (χ3v) is 3.40. The number of carbonyl (C=O) groups excluding carboxylic acids is 3. The van der Waals surface area contributed by atoms with E-state index < -0.39 is 11.8 Å². The SMILES string of the molecule is O=C(CCC(=O)NNC(=S)NC(=O)c1ccco1)NCc1ccccc1. The number of hydrogen-bond donors (Lipinski definition) is 4. The van der Waals surface area contributed by atoms with Crippen molar-refractivity contribution in [3.05, 3.63) is 60.1 Å². The van der Waals surface area contributed by atoms with Gasteiger partial charge in [-0.3, -0.25) is 30.6 Å². The minimum Gasteiger partial charge on any atom is -0.459 e.